The lowest BCUT2D eigenvalue weighted by atomic mass is 9.81. The average Bonchev–Trinajstić information content (AvgIpc) is 3.71. The van der Waals surface area contributed by atoms with Gasteiger partial charge in [0.2, 0.25) is 5.91 Å². The highest BCUT2D eigenvalue weighted by Gasteiger charge is 2.39. The van der Waals surface area contributed by atoms with Crippen molar-refractivity contribution in [2.75, 3.05) is 19.6 Å². The predicted octanol–water partition coefficient (Wildman–Crippen LogP) is 5.67. The third kappa shape index (κ3) is 7.40. The molecule has 5 rings (SSSR count). The Kier molecular flexibility index (Phi) is 10.1. The van der Waals surface area contributed by atoms with Crippen molar-refractivity contribution in [3.8, 4) is 0 Å². The molecule has 0 spiro atoms. The monoisotopic (exact) mass is 578 g/mol. The lowest BCUT2D eigenvalue weighted by Crippen LogP contribution is -2.57. The molecular formula is C32H42N4O2S2. The van der Waals surface area contributed by atoms with Gasteiger partial charge in [0.25, 0.3) is 5.91 Å². The fourth-order valence-corrected chi connectivity index (χ4v) is 7.73. The van der Waals surface area contributed by atoms with E-state index in [1.807, 2.05) is 22.4 Å². The maximum atomic E-state index is 13.8. The van der Waals surface area contributed by atoms with E-state index in [2.05, 4.69) is 58.9 Å². The first-order valence-corrected chi connectivity index (χ1v) is 16.4. The van der Waals surface area contributed by atoms with Gasteiger partial charge in [-0.15, -0.1) is 22.7 Å². The standard InChI is InChI=1S/C32H42N4O2S2/c1-23-9-11-24(12-10-23)21-35(22-28-7-3-15-39-28)27-13-14-36(32(38)30-8-4-16-40-30)29(18-27)31(37)34-20-26-6-2-5-25(17-26)19-33/h3-4,7-12,15-16,25-27,29H,2,5-6,13-14,17-22,33H2,1H3,(H,34,37)/t25?,26?,27?,29-/m1/s1. The molecule has 2 fully saturated rings. The maximum absolute atomic E-state index is 13.8. The van der Waals surface area contributed by atoms with Gasteiger partial charge in [-0.1, -0.05) is 48.4 Å². The summed E-state index contributed by atoms with van der Waals surface area (Å²) >= 11 is 3.22. The fraction of sp³-hybridized carbons (Fsp3) is 0.500. The summed E-state index contributed by atoms with van der Waals surface area (Å²) in [6, 6.07) is 16.5. The molecule has 2 amide bonds. The number of hydrogen-bond donors (Lipinski definition) is 2. The van der Waals surface area contributed by atoms with Crippen molar-refractivity contribution in [3.63, 3.8) is 0 Å². The molecule has 1 saturated carbocycles. The minimum atomic E-state index is -0.480. The number of nitrogens with two attached hydrogens (primary N) is 1. The zero-order valence-electron chi connectivity index (χ0n) is 23.5. The summed E-state index contributed by atoms with van der Waals surface area (Å²) in [6.45, 7) is 5.73. The van der Waals surface area contributed by atoms with Gasteiger partial charge in [-0.25, -0.2) is 0 Å². The predicted molar refractivity (Wildman–Crippen MR) is 164 cm³/mol. The number of carbonyl (C=O) groups excluding carboxylic acids is 2. The lowest BCUT2D eigenvalue weighted by Gasteiger charge is -2.43. The van der Waals surface area contributed by atoms with E-state index in [1.54, 1.807) is 11.3 Å². The molecule has 3 heterocycles. The lowest BCUT2D eigenvalue weighted by molar-refractivity contribution is -0.128. The Balaban J connectivity index is 1.33. The number of amides is 2. The fourth-order valence-electron chi connectivity index (χ4n) is 6.32. The third-order valence-corrected chi connectivity index (χ3v) is 10.3. The van der Waals surface area contributed by atoms with Crippen LogP contribution in [0.5, 0.6) is 0 Å². The molecule has 1 saturated heterocycles. The molecule has 3 unspecified atom stereocenters. The van der Waals surface area contributed by atoms with E-state index < -0.39 is 6.04 Å². The van der Waals surface area contributed by atoms with Crippen molar-refractivity contribution in [2.24, 2.45) is 17.6 Å². The molecule has 1 aliphatic heterocycles. The van der Waals surface area contributed by atoms with Crippen LogP contribution in [0, 0.1) is 18.8 Å². The number of rotatable bonds is 10. The van der Waals surface area contributed by atoms with E-state index in [-0.39, 0.29) is 17.9 Å². The summed E-state index contributed by atoms with van der Waals surface area (Å²) in [7, 11) is 0. The van der Waals surface area contributed by atoms with Crippen LogP contribution in [0.1, 0.15) is 64.2 Å². The van der Waals surface area contributed by atoms with Gasteiger partial charge in [0.1, 0.15) is 6.04 Å². The van der Waals surface area contributed by atoms with Crippen LogP contribution in [0.15, 0.2) is 59.3 Å². The topological polar surface area (TPSA) is 78.7 Å². The van der Waals surface area contributed by atoms with Gasteiger partial charge < -0.3 is 16.0 Å². The van der Waals surface area contributed by atoms with E-state index in [0.29, 0.717) is 36.2 Å². The first kappa shape index (κ1) is 29.0. The van der Waals surface area contributed by atoms with E-state index in [1.165, 1.54) is 40.2 Å². The molecule has 40 heavy (non-hydrogen) atoms. The van der Waals surface area contributed by atoms with Crippen molar-refractivity contribution in [3.05, 3.63) is 80.2 Å². The van der Waals surface area contributed by atoms with Crippen LogP contribution in [0.4, 0.5) is 0 Å². The number of piperidine rings is 1. The Morgan fingerprint density at radius 2 is 1.75 bits per heavy atom. The molecule has 214 valence electrons. The van der Waals surface area contributed by atoms with Crippen molar-refractivity contribution in [1.29, 1.82) is 0 Å². The van der Waals surface area contributed by atoms with E-state index in [9.17, 15) is 9.59 Å². The van der Waals surface area contributed by atoms with Gasteiger partial charge in [0.15, 0.2) is 0 Å². The summed E-state index contributed by atoms with van der Waals surface area (Å²) in [5.41, 5.74) is 8.48. The molecule has 4 atom stereocenters. The zero-order valence-corrected chi connectivity index (χ0v) is 25.1. The van der Waals surface area contributed by atoms with Crippen LogP contribution in [0.2, 0.25) is 0 Å². The molecule has 3 N–H and O–H groups in total. The minimum absolute atomic E-state index is 0.0177. The average molecular weight is 579 g/mol. The Morgan fingerprint density at radius 3 is 2.48 bits per heavy atom. The highest BCUT2D eigenvalue weighted by Crippen LogP contribution is 2.30. The van der Waals surface area contributed by atoms with Gasteiger partial charge in [-0.3, -0.25) is 14.5 Å². The Morgan fingerprint density at radius 1 is 0.975 bits per heavy atom. The van der Waals surface area contributed by atoms with Crippen molar-refractivity contribution < 1.29 is 9.59 Å². The minimum Gasteiger partial charge on any atom is -0.354 e. The molecule has 2 aromatic heterocycles. The second-order valence-electron chi connectivity index (χ2n) is 11.5. The number of likely N-dealkylation sites (tertiary alicyclic amines) is 1. The highest BCUT2D eigenvalue weighted by molar-refractivity contribution is 7.12. The van der Waals surface area contributed by atoms with E-state index in [4.69, 9.17) is 5.73 Å². The van der Waals surface area contributed by atoms with Crippen molar-refractivity contribution in [1.82, 2.24) is 15.1 Å². The van der Waals surface area contributed by atoms with Crippen LogP contribution in [-0.2, 0) is 17.9 Å². The summed E-state index contributed by atoms with van der Waals surface area (Å²) in [6.07, 6.45) is 6.05. The zero-order chi connectivity index (χ0) is 27.9. The Hall–Kier alpha value is -2.52. The van der Waals surface area contributed by atoms with Gasteiger partial charge in [-0.05, 0) is 85.9 Å². The molecular weight excluding hydrogens is 537 g/mol. The van der Waals surface area contributed by atoms with Crippen molar-refractivity contribution in [2.45, 2.75) is 70.6 Å². The number of nitrogens with zero attached hydrogens (tertiary/aromatic N) is 2. The molecule has 1 aliphatic carbocycles. The number of nitrogens with one attached hydrogen (secondary N) is 1. The smallest absolute Gasteiger partial charge is 0.264 e. The Bertz CT molecular complexity index is 1210. The van der Waals surface area contributed by atoms with Crippen LogP contribution in [0.25, 0.3) is 0 Å². The molecule has 0 radical (unpaired) electrons. The van der Waals surface area contributed by atoms with Crippen LogP contribution < -0.4 is 11.1 Å². The number of hydrogen-bond acceptors (Lipinski definition) is 6. The summed E-state index contributed by atoms with van der Waals surface area (Å²) in [4.78, 5) is 33.7. The Labute approximate surface area is 246 Å². The van der Waals surface area contributed by atoms with Gasteiger partial charge in [0, 0.05) is 37.1 Å². The van der Waals surface area contributed by atoms with E-state index in [0.717, 1.165) is 38.9 Å². The van der Waals surface area contributed by atoms with Gasteiger partial charge in [0.05, 0.1) is 4.88 Å². The summed E-state index contributed by atoms with van der Waals surface area (Å²) in [5, 5.41) is 7.32. The van der Waals surface area contributed by atoms with Crippen LogP contribution in [0.3, 0.4) is 0 Å². The second kappa shape index (κ2) is 13.9. The largest absolute Gasteiger partial charge is 0.354 e. The van der Waals surface area contributed by atoms with Crippen LogP contribution in [-0.4, -0.2) is 53.3 Å². The molecule has 8 heteroatoms. The third-order valence-electron chi connectivity index (χ3n) is 8.62. The summed E-state index contributed by atoms with van der Waals surface area (Å²) in [5.74, 6) is 0.969. The van der Waals surface area contributed by atoms with Gasteiger partial charge in [-0.2, -0.15) is 0 Å². The highest BCUT2D eigenvalue weighted by atomic mass is 32.1. The molecule has 6 nitrogen and oxygen atoms in total. The number of aryl methyl sites for hydroxylation is 1. The van der Waals surface area contributed by atoms with Crippen LogP contribution >= 0.6 is 22.7 Å². The number of carbonyl (C=O) groups is 2. The SMILES string of the molecule is Cc1ccc(CN(Cc2cccs2)C2CCN(C(=O)c3cccs3)[C@@H](C(=O)NCC3CCCC(CN)C3)C2)cc1. The quantitative estimate of drug-likeness (QED) is 0.325. The summed E-state index contributed by atoms with van der Waals surface area (Å²) < 4.78 is 0. The number of benzene rings is 1. The first-order valence-electron chi connectivity index (χ1n) is 14.6. The second-order valence-corrected chi connectivity index (χ2v) is 13.5. The number of thiophene rings is 2. The molecule has 3 aromatic rings. The molecule has 2 aliphatic rings. The molecule has 0 bridgehead atoms. The molecule has 1 aromatic carbocycles. The maximum Gasteiger partial charge on any atom is 0.264 e. The normalized spacial score (nSPS) is 23.3. The van der Waals surface area contributed by atoms with E-state index >= 15 is 0 Å². The first-order chi connectivity index (χ1) is 19.5. The van der Waals surface area contributed by atoms with Crippen molar-refractivity contribution >= 4 is 34.5 Å². The van der Waals surface area contributed by atoms with Gasteiger partial charge >= 0.3 is 0 Å².